The molecule has 0 aliphatic heterocycles. The number of thiazole rings is 1. The third-order valence-electron chi connectivity index (χ3n) is 2.21. The lowest BCUT2D eigenvalue weighted by atomic mass is 10.2. The summed E-state index contributed by atoms with van der Waals surface area (Å²) in [7, 11) is 0. The van der Waals surface area contributed by atoms with E-state index >= 15 is 0 Å². The van der Waals surface area contributed by atoms with Crippen molar-refractivity contribution >= 4 is 33.2 Å². The normalized spacial score (nSPS) is 10.0. The van der Waals surface area contributed by atoms with Crippen molar-refractivity contribution in [1.29, 1.82) is 5.26 Å². The zero-order chi connectivity index (χ0) is 13.1. The Labute approximate surface area is 116 Å². The van der Waals surface area contributed by atoms with E-state index in [1.54, 1.807) is 0 Å². The van der Waals surface area contributed by atoms with Crippen LogP contribution in [-0.4, -0.2) is 16.1 Å². The van der Waals surface area contributed by atoms with Crippen LogP contribution in [0.4, 0.5) is 0 Å². The monoisotopic (exact) mass is 322 g/mol. The van der Waals surface area contributed by atoms with Crippen molar-refractivity contribution in [3.63, 3.8) is 0 Å². The van der Waals surface area contributed by atoms with Crippen molar-refractivity contribution in [2.75, 3.05) is 0 Å². The Morgan fingerprint density at radius 3 is 2.94 bits per heavy atom. The maximum absolute atomic E-state index is 11.0. The van der Waals surface area contributed by atoms with Gasteiger partial charge in [0.25, 0.3) is 0 Å². The molecule has 6 heteroatoms. The van der Waals surface area contributed by atoms with Gasteiger partial charge in [0.1, 0.15) is 5.01 Å². The summed E-state index contributed by atoms with van der Waals surface area (Å²) in [4.78, 5) is 15.6. The number of halogens is 1. The van der Waals surface area contributed by atoms with Gasteiger partial charge in [-0.15, -0.1) is 11.3 Å². The van der Waals surface area contributed by atoms with Gasteiger partial charge in [0, 0.05) is 10.0 Å². The van der Waals surface area contributed by atoms with Crippen LogP contribution >= 0.6 is 27.3 Å². The van der Waals surface area contributed by atoms with Crippen molar-refractivity contribution in [3.8, 4) is 16.6 Å². The van der Waals surface area contributed by atoms with Gasteiger partial charge >= 0.3 is 5.97 Å². The van der Waals surface area contributed by atoms with Gasteiger partial charge in [-0.1, -0.05) is 28.1 Å². The van der Waals surface area contributed by atoms with Gasteiger partial charge in [0.2, 0.25) is 0 Å². The fraction of sp³-hybridized carbons (Fsp3) is 0.0833. The van der Waals surface area contributed by atoms with Crippen molar-refractivity contribution in [2.45, 2.75) is 6.42 Å². The van der Waals surface area contributed by atoms with Gasteiger partial charge in [-0.05, 0) is 12.1 Å². The summed E-state index contributed by atoms with van der Waals surface area (Å²) in [6.45, 7) is 0. The Hall–Kier alpha value is -1.71. The molecule has 2 aromatic rings. The number of carboxylic acid groups (broad SMARTS) is 1. The summed E-state index contributed by atoms with van der Waals surface area (Å²) in [5, 5.41) is 18.3. The smallest absolute Gasteiger partial charge is 0.355 e. The predicted molar refractivity (Wildman–Crippen MR) is 71.5 cm³/mol. The van der Waals surface area contributed by atoms with Gasteiger partial charge in [-0.2, -0.15) is 5.26 Å². The third kappa shape index (κ3) is 2.58. The molecule has 0 spiro atoms. The van der Waals surface area contributed by atoms with E-state index in [0.29, 0.717) is 9.88 Å². The van der Waals surface area contributed by atoms with Gasteiger partial charge in [0.15, 0.2) is 5.69 Å². The van der Waals surface area contributed by atoms with Crippen LogP contribution < -0.4 is 0 Å². The number of nitrogens with zero attached hydrogens (tertiary/aromatic N) is 2. The Balaban J connectivity index is 2.50. The lowest BCUT2D eigenvalue weighted by Gasteiger charge is -1.95. The number of rotatable bonds is 3. The molecule has 90 valence electrons. The summed E-state index contributed by atoms with van der Waals surface area (Å²) in [6, 6.07) is 9.40. The van der Waals surface area contributed by atoms with Crippen LogP contribution in [0.3, 0.4) is 0 Å². The largest absolute Gasteiger partial charge is 0.476 e. The molecule has 1 aromatic heterocycles. The fourth-order valence-electron chi connectivity index (χ4n) is 1.46. The van der Waals surface area contributed by atoms with Crippen LogP contribution in [0.1, 0.15) is 15.4 Å². The van der Waals surface area contributed by atoms with Crippen molar-refractivity contribution < 1.29 is 9.90 Å². The molecule has 0 atom stereocenters. The predicted octanol–water partition coefficient (Wildman–Crippen LogP) is 3.34. The molecule has 0 saturated carbocycles. The van der Waals surface area contributed by atoms with Crippen LogP contribution in [0.25, 0.3) is 10.6 Å². The molecule has 0 bridgehead atoms. The summed E-state index contributed by atoms with van der Waals surface area (Å²) >= 11 is 4.59. The molecule has 1 heterocycles. The SMILES string of the molecule is N#CCc1sc(-c2cccc(Br)c2)nc1C(=O)O. The number of carbonyl (C=O) groups is 1. The topological polar surface area (TPSA) is 74.0 Å². The minimum atomic E-state index is -1.10. The number of nitriles is 1. The second-order valence-corrected chi connectivity index (χ2v) is 5.44. The molecule has 4 nitrogen and oxygen atoms in total. The first-order valence-corrected chi connectivity index (χ1v) is 6.58. The van der Waals surface area contributed by atoms with Gasteiger partial charge in [-0.25, -0.2) is 9.78 Å². The van der Waals surface area contributed by atoms with Gasteiger partial charge in [0.05, 0.1) is 17.4 Å². The average Bonchev–Trinajstić information content (AvgIpc) is 2.74. The molecule has 1 N–H and O–H groups in total. The number of hydrogen-bond donors (Lipinski definition) is 1. The maximum Gasteiger partial charge on any atom is 0.355 e. The Bertz CT molecular complexity index is 646. The highest BCUT2D eigenvalue weighted by atomic mass is 79.9. The van der Waals surface area contributed by atoms with E-state index in [9.17, 15) is 4.79 Å². The molecule has 0 radical (unpaired) electrons. The first-order valence-electron chi connectivity index (χ1n) is 4.97. The van der Waals surface area contributed by atoms with Crippen molar-refractivity contribution in [1.82, 2.24) is 4.98 Å². The Morgan fingerprint density at radius 2 is 2.33 bits per heavy atom. The molecule has 0 aliphatic rings. The van der Waals surface area contributed by atoms with Crippen LogP contribution in [0.5, 0.6) is 0 Å². The average molecular weight is 323 g/mol. The van der Waals surface area contributed by atoms with Gasteiger partial charge in [-0.3, -0.25) is 0 Å². The number of aromatic carboxylic acids is 1. The summed E-state index contributed by atoms with van der Waals surface area (Å²) < 4.78 is 0.897. The molecule has 18 heavy (non-hydrogen) atoms. The summed E-state index contributed by atoms with van der Waals surface area (Å²) in [6.07, 6.45) is 0.0628. The van der Waals surface area contributed by atoms with E-state index in [1.165, 1.54) is 11.3 Å². The van der Waals surface area contributed by atoms with Crippen molar-refractivity contribution in [3.05, 3.63) is 39.3 Å². The molecule has 0 aliphatic carbocycles. The van der Waals surface area contributed by atoms with Crippen LogP contribution in [-0.2, 0) is 6.42 Å². The quantitative estimate of drug-likeness (QED) is 0.940. The third-order valence-corrected chi connectivity index (χ3v) is 3.81. The second-order valence-electron chi connectivity index (χ2n) is 3.44. The number of carboxylic acids is 1. The lowest BCUT2D eigenvalue weighted by molar-refractivity contribution is 0.0690. The van der Waals surface area contributed by atoms with Crippen molar-refractivity contribution in [2.24, 2.45) is 0 Å². The highest BCUT2D eigenvalue weighted by Gasteiger charge is 2.17. The van der Waals surface area contributed by atoms with E-state index < -0.39 is 5.97 Å². The minimum Gasteiger partial charge on any atom is -0.476 e. The van der Waals surface area contributed by atoms with E-state index in [-0.39, 0.29) is 12.1 Å². The van der Waals surface area contributed by atoms with Crippen LogP contribution in [0, 0.1) is 11.3 Å². The zero-order valence-electron chi connectivity index (χ0n) is 9.05. The first-order chi connectivity index (χ1) is 8.61. The molecular weight excluding hydrogens is 316 g/mol. The van der Waals surface area contributed by atoms with E-state index in [0.717, 1.165) is 10.0 Å². The highest BCUT2D eigenvalue weighted by Crippen LogP contribution is 2.30. The van der Waals surface area contributed by atoms with Crippen LogP contribution in [0.2, 0.25) is 0 Å². The van der Waals surface area contributed by atoms with E-state index in [4.69, 9.17) is 10.4 Å². The number of hydrogen-bond acceptors (Lipinski definition) is 4. The molecule has 0 unspecified atom stereocenters. The molecule has 2 rings (SSSR count). The maximum atomic E-state index is 11.0. The zero-order valence-corrected chi connectivity index (χ0v) is 11.5. The summed E-state index contributed by atoms with van der Waals surface area (Å²) in [5.74, 6) is -1.10. The van der Waals surface area contributed by atoms with Gasteiger partial charge < -0.3 is 5.11 Å². The number of aromatic nitrogens is 1. The standard InChI is InChI=1S/C12H7BrN2O2S/c13-8-3-1-2-7(6-8)11-15-10(12(16)17)9(18-11)4-5-14/h1-3,6H,4H2,(H,16,17). The molecule has 1 aromatic carbocycles. The highest BCUT2D eigenvalue weighted by molar-refractivity contribution is 9.10. The fourth-order valence-corrected chi connectivity index (χ4v) is 2.84. The second kappa shape index (κ2) is 5.29. The molecular formula is C12H7BrN2O2S. The number of benzene rings is 1. The molecule has 0 fully saturated rings. The first kappa shape index (κ1) is 12.7. The molecule has 0 amide bonds. The molecule has 0 saturated heterocycles. The Morgan fingerprint density at radius 1 is 1.56 bits per heavy atom. The Kier molecular flexibility index (Phi) is 3.75. The van der Waals surface area contributed by atoms with E-state index in [1.807, 2.05) is 30.3 Å². The lowest BCUT2D eigenvalue weighted by Crippen LogP contribution is -2.00. The summed E-state index contributed by atoms with van der Waals surface area (Å²) in [5.41, 5.74) is 0.803. The van der Waals surface area contributed by atoms with Crippen LogP contribution in [0.15, 0.2) is 28.7 Å². The van der Waals surface area contributed by atoms with E-state index in [2.05, 4.69) is 20.9 Å². The minimum absolute atomic E-state index is 0.0310.